The summed E-state index contributed by atoms with van der Waals surface area (Å²) in [5, 5.41) is 4.88. The number of esters is 1. The molecule has 130 valence electrons. The summed E-state index contributed by atoms with van der Waals surface area (Å²) in [6.07, 6.45) is 1.39. The molecule has 2 N–H and O–H groups in total. The highest BCUT2D eigenvalue weighted by Gasteiger charge is 2.18. The fourth-order valence-corrected chi connectivity index (χ4v) is 1.60. The Hall–Kier alpha value is -2.83. The van der Waals surface area contributed by atoms with Crippen LogP contribution in [0.4, 0.5) is 10.5 Å². The summed E-state index contributed by atoms with van der Waals surface area (Å²) in [4.78, 5) is 34.7. The number of ether oxygens (including phenoxy) is 2. The zero-order valence-electron chi connectivity index (χ0n) is 14.4. The third-order valence-corrected chi connectivity index (χ3v) is 2.60. The predicted molar refractivity (Wildman–Crippen MR) is 89.9 cm³/mol. The topological polar surface area (TPSA) is 93.7 Å². The lowest BCUT2D eigenvalue weighted by Gasteiger charge is -2.20. The molecule has 0 atom stereocenters. The molecule has 0 aliphatic heterocycles. The van der Waals surface area contributed by atoms with Crippen LogP contribution in [0.5, 0.6) is 5.75 Å². The van der Waals surface area contributed by atoms with Crippen LogP contribution in [0.15, 0.2) is 30.4 Å². The third-order valence-electron chi connectivity index (χ3n) is 2.60. The highest BCUT2D eigenvalue weighted by Crippen LogP contribution is 2.26. The molecule has 2 amide bonds. The van der Waals surface area contributed by atoms with Crippen molar-refractivity contribution in [2.75, 3.05) is 12.4 Å². The van der Waals surface area contributed by atoms with Gasteiger partial charge in [0.1, 0.15) is 5.60 Å². The maximum absolute atomic E-state index is 11.9. The standard InChI is InChI=1S/C17H22N2O5/c1-11-6-7-12(19-16(22)24-17(2,3)4)13(10-11)23-15(21)9-8-14(20)18-5/h6-10H,1-5H3,(H,18,20)(H,19,22)/b9-8+. The highest BCUT2D eigenvalue weighted by molar-refractivity contribution is 5.96. The van der Waals surface area contributed by atoms with Crippen LogP contribution in [0.1, 0.15) is 26.3 Å². The van der Waals surface area contributed by atoms with Crippen molar-refractivity contribution in [1.29, 1.82) is 0 Å². The Kier molecular flexibility index (Phi) is 6.52. The minimum atomic E-state index is -0.739. The van der Waals surface area contributed by atoms with Crippen LogP contribution < -0.4 is 15.4 Å². The van der Waals surface area contributed by atoms with Crippen molar-refractivity contribution in [3.8, 4) is 5.75 Å². The van der Waals surface area contributed by atoms with E-state index in [2.05, 4.69) is 10.6 Å². The van der Waals surface area contributed by atoms with Crippen molar-refractivity contribution in [2.45, 2.75) is 33.3 Å². The first-order chi connectivity index (χ1) is 11.1. The van der Waals surface area contributed by atoms with Crippen LogP contribution in [0.2, 0.25) is 0 Å². The van der Waals surface area contributed by atoms with Crippen LogP contribution in [0.25, 0.3) is 0 Å². The smallest absolute Gasteiger partial charge is 0.412 e. The SMILES string of the molecule is CNC(=O)/C=C/C(=O)Oc1cc(C)ccc1NC(=O)OC(C)(C)C. The molecule has 0 aliphatic rings. The molecule has 7 nitrogen and oxygen atoms in total. The van der Waals surface area contributed by atoms with Gasteiger partial charge >= 0.3 is 12.1 Å². The van der Waals surface area contributed by atoms with Gasteiger partial charge in [-0.15, -0.1) is 0 Å². The Morgan fingerprint density at radius 2 is 1.79 bits per heavy atom. The van der Waals surface area contributed by atoms with Crippen molar-refractivity contribution in [1.82, 2.24) is 5.32 Å². The molecule has 1 aromatic rings. The van der Waals surface area contributed by atoms with E-state index >= 15 is 0 Å². The van der Waals surface area contributed by atoms with Gasteiger partial charge in [0.25, 0.3) is 0 Å². The molecule has 1 rings (SSSR count). The molecule has 1 aromatic carbocycles. The quantitative estimate of drug-likeness (QED) is 0.501. The summed E-state index contributed by atoms with van der Waals surface area (Å²) >= 11 is 0. The number of rotatable bonds is 4. The summed E-state index contributed by atoms with van der Waals surface area (Å²) < 4.78 is 10.3. The second-order valence-corrected chi connectivity index (χ2v) is 6.00. The summed E-state index contributed by atoms with van der Waals surface area (Å²) in [5.41, 5.74) is 0.473. The number of anilines is 1. The Balaban J connectivity index is 2.89. The molecule has 0 unspecified atom stereocenters. The Morgan fingerprint density at radius 1 is 1.12 bits per heavy atom. The molecule has 0 spiro atoms. The van der Waals surface area contributed by atoms with Gasteiger partial charge in [-0.25, -0.2) is 9.59 Å². The number of amides is 2. The van der Waals surface area contributed by atoms with Gasteiger partial charge in [0.05, 0.1) is 5.69 Å². The third kappa shape index (κ3) is 6.95. The van der Waals surface area contributed by atoms with Crippen molar-refractivity contribution in [2.24, 2.45) is 0 Å². The number of carbonyl (C=O) groups excluding carboxylic acids is 3. The average Bonchev–Trinajstić information content (AvgIpc) is 2.45. The zero-order valence-corrected chi connectivity index (χ0v) is 14.4. The second-order valence-electron chi connectivity index (χ2n) is 6.00. The van der Waals surface area contributed by atoms with Crippen LogP contribution in [-0.2, 0) is 14.3 Å². The molecule has 0 fully saturated rings. The van der Waals surface area contributed by atoms with Gasteiger partial charge in [0, 0.05) is 19.2 Å². The van der Waals surface area contributed by atoms with Gasteiger partial charge in [0.2, 0.25) is 5.91 Å². The first-order valence-corrected chi connectivity index (χ1v) is 7.33. The van der Waals surface area contributed by atoms with Gasteiger partial charge in [-0.3, -0.25) is 10.1 Å². The van der Waals surface area contributed by atoms with E-state index in [-0.39, 0.29) is 11.4 Å². The molecule has 0 aliphatic carbocycles. The molecule has 0 bridgehead atoms. The lowest BCUT2D eigenvalue weighted by Crippen LogP contribution is -2.27. The maximum Gasteiger partial charge on any atom is 0.412 e. The number of hydrogen-bond acceptors (Lipinski definition) is 5. The van der Waals surface area contributed by atoms with E-state index < -0.39 is 23.6 Å². The molecule has 0 radical (unpaired) electrons. The van der Waals surface area contributed by atoms with E-state index in [9.17, 15) is 14.4 Å². The molecule has 7 heteroatoms. The van der Waals surface area contributed by atoms with Gasteiger partial charge in [-0.2, -0.15) is 0 Å². The lowest BCUT2D eigenvalue weighted by molar-refractivity contribution is -0.129. The molecule has 0 saturated carbocycles. The first-order valence-electron chi connectivity index (χ1n) is 7.33. The fraction of sp³-hybridized carbons (Fsp3) is 0.353. The van der Waals surface area contributed by atoms with Crippen molar-refractivity contribution in [3.63, 3.8) is 0 Å². The van der Waals surface area contributed by atoms with Gasteiger partial charge in [0.15, 0.2) is 5.75 Å². The second kappa shape index (κ2) is 8.14. The van der Waals surface area contributed by atoms with Crippen molar-refractivity contribution in [3.05, 3.63) is 35.9 Å². The van der Waals surface area contributed by atoms with E-state index in [1.807, 2.05) is 6.92 Å². The van der Waals surface area contributed by atoms with Crippen molar-refractivity contribution >= 4 is 23.7 Å². The molecular weight excluding hydrogens is 312 g/mol. The van der Waals surface area contributed by atoms with Gasteiger partial charge in [-0.1, -0.05) is 6.07 Å². The van der Waals surface area contributed by atoms with E-state index in [0.29, 0.717) is 0 Å². The number of carbonyl (C=O) groups is 3. The monoisotopic (exact) mass is 334 g/mol. The van der Waals surface area contributed by atoms with Crippen LogP contribution in [0.3, 0.4) is 0 Å². The number of hydrogen-bond donors (Lipinski definition) is 2. The number of aryl methyl sites for hydroxylation is 1. The highest BCUT2D eigenvalue weighted by atomic mass is 16.6. The maximum atomic E-state index is 11.9. The normalized spacial score (nSPS) is 11.0. The summed E-state index contributed by atoms with van der Waals surface area (Å²) in [6, 6.07) is 4.95. The average molecular weight is 334 g/mol. The summed E-state index contributed by atoms with van der Waals surface area (Å²) in [7, 11) is 1.45. The number of nitrogens with one attached hydrogen (secondary N) is 2. The van der Waals surface area contributed by atoms with Crippen LogP contribution >= 0.6 is 0 Å². The molecular formula is C17H22N2O5. The predicted octanol–water partition coefficient (Wildman–Crippen LogP) is 2.55. The number of likely N-dealkylation sites (N-methyl/N-ethyl adjacent to an activating group) is 1. The van der Waals surface area contributed by atoms with E-state index in [0.717, 1.165) is 17.7 Å². The Morgan fingerprint density at radius 3 is 2.38 bits per heavy atom. The molecule has 0 saturated heterocycles. The number of benzene rings is 1. The zero-order chi connectivity index (χ0) is 18.3. The van der Waals surface area contributed by atoms with Gasteiger partial charge in [-0.05, 0) is 45.4 Å². The van der Waals surface area contributed by atoms with Crippen LogP contribution in [-0.4, -0.2) is 30.6 Å². The van der Waals surface area contributed by atoms with E-state index in [4.69, 9.17) is 9.47 Å². The molecule has 24 heavy (non-hydrogen) atoms. The Bertz CT molecular complexity index is 659. The van der Waals surface area contributed by atoms with Crippen molar-refractivity contribution < 1.29 is 23.9 Å². The minimum Gasteiger partial charge on any atom is -0.444 e. The Labute approximate surface area is 141 Å². The lowest BCUT2D eigenvalue weighted by atomic mass is 10.2. The summed E-state index contributed by atoms with van der Waals surface area (Å²) in [5.74, 6) is -1.01. The van der Waals surface area contributed by atoms with E-state index in [1.165, 1.54) is 7.05 Å². The molecule has 0 heterocycles. The minimum absolute atomic E-state index is 0.160. The molecule has 0 aromatic heterocycles. The fourth-order valence-electron chi connectivity index (χ4n) is 1.60. The first kappa shape index (κ1) is 19.2. The van der Waals surface area contributed by atoms with E-state index in [1.54, 1.807) is 39.0 Å². The largest absolute Gasteiger partial charge is 0.444 e. The summed E-state index contributed by atoms with van der Waals surface area (Å²) in [6.45, 7) is 7.04. The van der Waals surface area contributed by atoms with Gasteiger partial charge < -0.3 is 14.8 Å². The van der Waals surface area contributed by atoms with Crippen LogP contribution in [0, 0.1) is 6.92 Å².